The van der Waals surface area contributed by atoms with Gasteiger partial charge in [0.25, 0.3) is 0 Å². The van der Waals surface area contributed by atoms with Crippen molar-refractivity contribution in [2.24, 2.45) is 5.10 Å². The first-order chi connectivity index (χ1) is 14.8. The summed E-state index contributed by atoms with van der Waals surface area (Å²) in [5.74, 6) is 0.547. The molecule has 3 aromatic carbocycles. The molecule has 0 saturated carbocycles. The van der Waals surface area contributed by atoms with E-state index in [1.807, 2.05) is 61.5 Å². The van der Waals surface area contributed by atoms with Gasteiger partial charge in [-0.05, 0) is 97.8 Å². The molecule has 160 valence electrons. The van der Waals surface area contributed by atoms with Crippen molar-refractivity contribution in [3.8, 4) is 5.75 Å². The van der Waals surface area contributed by atoms with Gasteiger partial charge in [0.1, 0.15) is 12.4 Å². The zero-order chi connectivity index (χ0) is 22.4. The fraction of sp³-hybridized carbons (Fsp3) is 0.167. The third-order valence-electron chi connectivity index (χ3n) is 4.66. The minimum Gasteiger partial charge on any atom is -0.487 e. The van der Waals surface area contributed by atoms with E-state index in [0.29, 0.717) is 12.4 Å². The summed E-state index contributed by atoms with van der Waals surface area (Å²) in [4.78, 5) is 12.2. The van der Waals surface area contributed by atoms with Gasteiger partial charge in [-0.15, -0.1) is 0 Å². The van der Waals surface area contributed by atoms with Crippen molar-refractivity contribution in [1.29, 1.82) is 0 Å². The van der Waals surface area contributed by atoms with Crippen LogP contribution in [0.25, 0.3) is 0 Å². The van der Waals surface area contributed by atoms with Crippen LogP contribution in [-0.4, -0.2) is 12.1 Å². The molecule has 0 fully saturated rings. The lowest BCUT2D eigenvalue weighted by Gasteiger charge is -2.11. The van der Waals surface area contributed by atoms with E-state index < -0.39 is 0 Å². The molecule has 4 nitrogen and oxygen atoms in total. The number of ether oxygens (including phenoxy) is 1. The van der Waals surface area contributed by atoms with Gasteiger partial charge < -0.3 is 4.74 Å². The lowest BCUT2D eigenvalue weighted by Crippen LogP contribution is -2.19. The summed E-state index contributed by atoms with van der Waals surface area (Å²) >= 11 is 10.5. The van der Waals surface area contributed by atoms with E-state index in [0.717, 1.165) is 30.1 Å². The Morgan fingerprint density at radius 1 is 0.935 bits per heavy atom. The highest BCUT2D eigenvalue weighted by Gasteiger charge is 2.09. The average molecular weight is 609 g/mol. The number of halogens is 3. The van der Waals surface area contributed by atoms with E-state index >= 15 is 0 Å². The molecular formula is C24H21Br3N2O2. The lowest BCUT2D eigenvalue weighted by atomic mass is 10.0. The molecule has 7 heteroatoms. The maximum Gasteiger partial charge on any atom is 0.244 e. The van der Waals surface area contributed by atoms with Crippen LogP contribution in [0.3, 0.4) is 0 Å². The Kier molecular flexibility index (Phi) is 8.46. The van der Waals surface area contributed by atoms with Crippen LogP contribution in [0.15, 0.2) is 73.1 Å². The minimum absolute atomic E-state index is 0.160. The van der Waals surface area contributed by atoms with Crippen molar-refractivity contribution in [2.75, 3.05) is 0 Å². The van der Waals surface area contributed by atoms with Crippen LogP contribution in [0.2, 0.25) is 0 Å². The zero-order valence-electron chi connectivity index (χ0n) is 17.1. The molecule has 0 aromatic heterocycles. The Morgan fingerprint density at radius 3 is 2.23 bits per heavy atom. The predicted molar refractivity (Wildman–Crippen MR) is 136 cm³/mol. The third-order valence-corrected chi connectivity index (χ3v) is 6.36. The van der Waals surface area contributed by atoms with Crippen LogP contribution in [0.1, 0.15) is 27.8 Å². The molecule has 0 heterocycles. The molecule has 3 aromatic rings. The van der Waals surface area contributed by atoms with Crippen LogP contribution >= 0.6 is 47.8 Å². The molecule has 1 amide bonds. The smallest absolute Gasteiger partial charge is 0.244 e. The zero-order valence-corrected chi connectivity index (χ0v) is 21.8. The summed E-state index contributed by atoms with van der Waals surface area (Å²) in [6.07, 6.45) is 1.89. The number of nitrogens with zero attached hydrogens (tertiary/aromatic N) is 1. The highest BCUT2D eigenvalue weighted by atomic mass is 79.9. The van der Waals surface area contributed by atoms with Crippen LogP contribution in [0, 0.1) is 13.8 Å². The number of nitrogens with one attached hydrogen (secondary N) is 1. The van der Waals surface area contributed by atoms with E-state index in [2.05, 4.69) is 65.2 Å². The lowest BCUT2D eigenvalue weighted by molar-refractivity contribution is -0.120. The van der Waals surface area contributed by atoms with Gasteiger partial charge >= 0.3 is 0 Å². The van der Waals surface area contributed by atoms with Gasteiger partial charge in [-0.1, -0.05) is 46.3 Å². The molecule has 0 bridgehead atoms. The van der Waals surface area contributed by atoms with Gasteiger partial charge in [-0.2, -0.15) is 5.10 Å². The molecule has 0 unspecified atom stereocenters. The molecule has 31 heavy (non-hydrogen) atoms. The molecule has 0 aliphatic heterocycles. The first-order valence-corrected chi connectivity index (χ1v) is 11.9. The highest BCUT2D eigenvalue weighted by Crippen LogP contribution is 2.35. The molecular weight excluding hydrogens is 588 g/mol. The number of carbonyl (C=O) groups excluding carboxylic acids is 1. The highest BCUT2D eigenvalue weighted by molar-refractivity contribution is 9.11. The summed E-state index contributed by atoms with van der Waals surface area (Å²) in [7, 11) is 0. The van der Waals surface area contributed by atoms with Gasteiger partial charge in [0.05, 0.1) is 21.6 Å². The Bertz CT molecular complexity index is 1090. The predicted octanol–water partition coefficient (Wildman–Crippen LogP) is 6.86. The first kappa shape index (κ1) is 23.7. The number of hydrogen-bond donors (Lipinski definition) is 1. The number of hydrazone groups is 1. The normalized spacial score (nSPS) is 11.0. The Labute approximate surface area is 207 Å². The second kappa shape index (κ2) is 11.1. The van der Waals surface area contributed by atoms with Gasteiger partial charge in [0, 0.05) is 4.47 Å². The van der Waals surface area contributed by atoms with Crippen molar-refractivity contribution in [3.63, 3.8) is 0 Å². The minimum atomic E-state index is -0.160. The molecule has 0 aliphatic carbocycles. The number of benzene rings is 3. The summed E-state index contributed by atoms with van der Waals surface area (Å²) in [6.45, 7) is 4.54. The number of aryl methyl sites for hydroxylation is 2. The van der Waals surface area contributed by atoms with Crippen molar-refractivity contribution < 1.29 is 9.53 Å². The Balaban J connectivity index is 1.58. The van der Waals surface area contributed by atoms with Gasteiger partial charge in [0.15, 0.2) is 0 Å². The Hall–Kier alpha value is -1.96. The maximum absolute atomic E-state index is 12.2. The van der Waals surface area contributed by atoms with Gasteiger partial charge in [-0.3, -0.25) is 4.79 Å². The van der Waals surface area contributed by atoms with E-state index in [1.165, 1.54) is 11.1 Å². The van der Waals surface area contributed by atoms with Crippen molar-refractivity contribution >= 4 is 59.9 Å². The van der Waals surface area contributed by atoms with E-state index in [-0.39, 0.29) is 12.3 Å². The average Bonchev–Trinajstić information content (AvgIpc) is 2.71. The molecule has 3 rings (SSSR count). The van der Waals surface area contributed by atoms with Crippen molar-refractivity contribution in [2.45, 2.75) is 26.9 Å². The van der Waals surface area contributed by atoms with Crippen molar-refractivity contribution in [3.05, 3.63) is 95.8 Å². The fourth-order valence-corrected chi connectivity index (χ4v) is 4.56. The second-order valence-electron chi connectivity index (χ2n) is 7.12. The molecule has 1 N–H and O–H groups in total. The molecule has 0 saturated heterocycles. The van der Waals surface area contributed by atoms with E-state index in [9.17, 15) is 4.79 Å². The van der Waals surface area contributed by atoms with Gasteiger partial charge in [0.2, 0.25) is 5.91 Å². The summed E-state index contributed by atoms with van der Waals surface area (Å²) in [6, 6.07) is 17.8. The molecule has 0 aliphatic rings. The van der Waals surface area contributed by atoms with E-state index in [4.69, 9.17) is 4.74 Å². The monoisotopic (exact) mass is 606 g/mol. The van der Waals surface area contributed by atoms with Crippen LogP contribution < -0.4 is 10.2 Å². The summed E-state index contributed by atoms with van der Waals surface area (Å²) in [5, 5.41) is 4.08. The second-order valence-corrected chi connectivity index (χ2v) is 9.74. The van der Waals surface area contributed by atoms with Gasteiger partial charge in [-0.25, -0.2) is 5.43 Å². The van der Waals surface area contributed by atoms with Crippen LogP contribution in [-0.2, 0) is 17.8 Å². The number of amides is 1. The maximum atomic E-state index is 12.2. The Morgan fingerprint density at radius 2 is 1.58 bits per heavy atom. The number of carbonyl (C=O) groups is 1. The van der Waals surface area contributed by atoms with E-state index in [1.54, 1.807) is 6.21 Å². The largest absolute Gasteiger partial charge is 0.487 e. The molecule has 0 radical (unpaired) electrons. The van der Waals surface area contributed by atoms with Crippen LogP contribution in [0.4, 0.5) is 0 Å². The quantitative estimate of drug-likeness (QED) is 0.235. The topological polar surface area (TPSA) is 50.7 Å². The third kappa shape index (κ3) is 7.02. The molecule has 0 spiro atoms. The number of hydrogen-bond acceptors (Lipinski definition) is 3. The standard InChI is InChI=1S/C24H21Br3N2O2/c1-15-3-4-18(9-16(15)2)12-23(30)29-28-13-19-10-21(26)24(22(27)11-19)31-14-17-5-7-20(25)8-6-17/h3-11,13H,12,14H2,1-2H3,(H,29,30). The molecule has 0 atom stereocenters. The van der Waals surface area contributed by atoms with Crippen LogP contribution in [0.5, 0.6) is 5.75 Å². The van der Waals surface area contributed by atoms with Crippen molar-refractivity contribution in [1.82, 2.24) is 5.43 Å². The number of rotatable bonds is 7. The fourth-order valence-electron chi connectivity index (χ4n) is 2.85. The summed E-state index contributed by atoms with van der Waals surface area (Å²) in [5.41, 5.74) is 7.82. The first-order valence-electron chi connectivity index (χ1n) is 9.56. The SMILES string of the molecule is Cc1ccc(CC(=O)NN=Cc2cc(Br)c(OCc3ccc(Br)cc3)c(Br)c2)cc1C. The summed E-state index contributed by atoms with van der Waals surface area (Å²) < 4.78 is 8.57.